The minimum atomic E-state index is -0.878. The third-order valence-electron chi connectivity index (χ3n) is 5.84. The Kier molecular flexibility index (Phi) is 18.1. The third kappa shape index (κ3) is 15.6. The molecule has 6 nitrogen and oxygen atoms in total. The minimum absolute atomic E-state index is 0.572. The maximum Gasteiger partial charge on any atom is 0.322 e. The molecule has 2 N–H and O–H groups in total. The lowest BCUT2D eigenvalue weighted by molar-refractivity contribution is -0.140. The number of nitrogens with zero attached hydrogens (tertiary/aromatic N) is 2. The molecular formula is C24H47N3O3S. The van der Waals surface area contributed by atoms with Crippen molar-refractivity contribution in [3.63, 3.8) is 0 Å². The summed E-state index contributed by atoms with van der Waals surface area (Å²) >= 11 is 1.33. The van der Waals surface area contributed by atoms with E-state index in [0.717, 1.165) is 25.9 Å². The molecule has 0 aromatic rings. The summed E-state index contributed by atoms with van der Waals surface area (Å²) in [5.41, 5.74) is 5.22. The standard InChI is InChI=1S/C24H47N3O3S/c1-2-3-4-5-6-7-8-9-10-11-12-13-14-15-16-17-18-27(24(29)23(25)28)31-26-19-21-30-22-20-26/h2-22H2,1H3,(H2,25,28). The summed E-state index contributed by atoms with van der Waals surface area (Å²) in [7, 11) is 0. The molecule has 1 fully saturated rings. The molecule has 0 aromatic carbocycles. The van der Waals surface area contributed by atoms with Crippen LogP contribution in [0.15, 0.2) is 0 Å². The molecule has 0 radical (unpaired) electrons. The highest BCUT2D eigenvalue weighted by molar-refractivity contribution is 7.95. The van der Waals surface area contributed by atoms with Gasteiger partial charge in [-0.25, -0.2) is 4.31 Å². The SMILES string of the molecule is CCCCCCCCCCCCCCCCCCN(SN1CCOCC1)C(=O)C(N)=O. The number of hydrogen-bond donors (Lipinski definition) is 1. The first-order valence-corrected chi connectivity index (χ1v) is 13.5. The summed E-state index contributed by atoms with van der Waals surface area (Å²) < 4.78 is 8.92. The summed E-state index contributed by atoms with van der Waals surface area (Å²) in [4.78, 5) is 23.4. The second-order valence-corrected chi connectivity index (χ2v) is 9.82. The zero-order chi connectivity index (χ0) is 22.6. The van der Waals surface area contributed by atoms with Crippen molar-refractivity contribution in [2.45, 2.75) is 110 Å². The van der Waals surface area contributed by atoms with Gasteiger partial charge in [0.15, 0.2) is 0 Å². The van der Waals surface area contributed by atoms with Crippen LogP contribution in [-0.4, -0.2) is 53.3 Å². The number of rotatable bonds is 19. The fourth-order valence-electron chi connectivity index (χ4n) is 3.87. The first kappa shape index (κ1) is 28.2. The van der Waals surface area contributed by atoms with Crippen LogP contribution in [0.4, 0.5) is 0 Å². The number of morpholine rings is 1. The third-order valence-corrected chi connectivity index (χ3v) is 6.98. The zero-order valence-corrected chi connectivity index (χ0v) is 20.8. The van der Waals surface area contributed by atoms with E-state index < -0.39 is 11.8 Å². The molecule has 1 saturated heterocycles. The van der Waals surface area contributed by atoms with Gasteiger partial charge < -0.3 is 10.5 Å². The molecule has 0 unspecified atom stereocenters. The van der Waals surface area contributed by atoms with Crippen LogP contribution in [0.1, 0.15) is 110 Å². The van der Waals surface area contributed by atoms with Crippen molar-refractivity contribution in [1.29, 1.82) is 0 Å². The Labute approximate surface area is 195 Å². The number of carbonyl (C=O) groups is 2. The van der Waals surface area contributed by atoms with E-state index >= 15 is 0 Å². The topological polar surface area (TPSA) is 75.9 Å². The Morgan fingerprint density at radius 2 is 1.19 bits per heavy atom. The molecule has 0 spiro atoms. The predicted octanol–water partition coefficient (Wildman–Crippen LogP) is 5.46. The molecule has 0 aliphatic carbocycles. The monoisotopic (exact) mass is 457 g/mol. The van der Waals surface area contributed by atoms with Gasteiger partial charge in [0, 0.05) is 31.8 Å². The van der Waals surface area contributed by atoms with Gasteiger partial charge in [-0.05, 0) is 6.42 Å². The highest BCUT2D eigenvalue weighted by atomic mass is 32.2. The molecule has 1 heterocycles. The number of carbonyl (C=O) groups excluding carboxylic acids is 2. The molecule has 0 bridgehead atoms. The van der Waals surface area contributed by atoms with Gasteiger partial charge in [-0.2, -0.15) is 0 Å². The molecule has 182 valence electrons. The molecule has 0 atom stereocenters. The molecule has 0 aromatic heterocycles. The number of primary amides is 1. The van der Waals surface area contributed by atoms with E-state index in [-0.39, 0.29) is 0 Å². The lowest BCUT2D eigenvalue weighted by Crippen LogP contribution is -2.41. The molecule has 31 heavy (non-hydrogen) atoms. The van der Waals surface area contributed by atoms with E-state index in [1.807, 2.05) is 0 Å². The molecule has 0 saturated carbocycles. The van der Waals surface area contributed by atoms with Gasteiger partial charge in [-0.15, -0.1) is 0 Å². The van der Waals surface area contributed by atoms with Crippen LogP contribution in [0.2, 0.25) is 0 Å². The van der Waals surface area contributed by atoms with Gasteiger partial charge in [0.25, 0.3) is 0 Å². The Hall–Kier alpha value is -0.790. The predicted molar refractivity (Wildman–Crippen MR) is 130 cm³/mol. The smallest absolute Gasteiger partial charge is 0.322 e. The van der Waals surface area contributed by atoms with Gasteiger partial charge in [0.1, 0.15) is 0 Å². The largest absolute Gasteiger partial charge is 0.379 e. The second-order valence-electron chi connectivity index (χ2n) is 8.70. The van der Waals surface area contributed by atoms with Crippen molar-refractivity contribution in [2.75, 3.05) is 32.8 Å². The summed E-state index contributed by atoms with van der Waals surface area (Å²) in [6.07, 6.45) is 21.1. The van der Waals surface area contributed by atoms with Crippen LogP contribution in [0.25, 0.3) is 0 Å². The Morgan fingerprint density at radius 3 is 1.61 bits per heavy atom. The van der Waals surface area contributed by atoms with Crippen LogP contribution in [0.5, 0.6) is 0 Å². The van der Waals surface area contributed by atoms with Gasteiger partial charge in [0.05, 0.1) is 13.2 Å². The molecule has 2 amide bonds. The molecule has 1 rings (SSSR count). The van der Waals surface area contributed by atoms with E-state index in [4.69, 9.17) is 10.5 Å². The van der Waals surface area contributed by atoms with E-state index in [0.29, 0.717) is 19.8 Å². The highest BCUT2D eigenvalue weighted by Crippen LogP contribution is 2.20. The summed E-state index contributed by atoms with van der Waals surface area (Å²) in [6.45, 7) is 5.67. The van der Waals surface area contributed by atoms with Crippen molar-refractivity contribution in [3.8, 4) is 0 Å². The second kappa shape index (κ2) is 19.9. The quantitative estimate of drug-likeness (QED) is 0.158. The van der Waals surface area contributed by atoms with E-state index in [9.17, 15) is 9.59 Å². The highest BCUT2D eigenvalue weighted by Gasteiger charge is 2.23. The Morgan fingerprint density at radius 1 is 0.774 bits per heavy atom. The number of nitrogens with two attached hydrogens (primary N) is 1. The zero-order valence-electron chi connectivity index (χ0n) is 20.0. The number of unbranched alkanes of at least 4 members (excludes halogenated alkanes) is 15. The summed E-state index contributed by atoms with van der Waals surface area (Å²) in [5, 5.41) is 0. The lowest BCUT2D eigenvalue weighted by Gasteiger charge is -2.30. The van der Waals surface area contributed by atoms with Gasteiger partial charge in [-0.3, -0.25) is 13.9 Å². The number of hydrogen-bond acceptors (Lipinski definition) is 5. The first-order valence-electron chi connectivity index (χ1n) is 12.8. The average molecular weight is 458 g/mol. The Balaban J connectivity index is 1.95. The van der Waals surface area contributed by atoms with E-state index in [2.05, 4.69) is 11.2 Å². The van der Waals surface area contributed by atoms with Gasteiger partial charge >= 0.3 is 11.8 Å². The van der Waals surface area contributed by atoms with Crippen LogP contribution in [-0.2, 0) is 14.3 Å². The molecule has 1 aliphatic heterocycles. The summed E-state index contributed by atoms with van der Waals surface area (Å²) in [6, 6.07) is 0. The van der Waals surface area contributed by atoms with Crippen LogP contribution in [0.3, 0.4) is 0 Å². The Bertz CT molecular complexity index is 459. The van der Waals surface area contributed by atoms with Crippen LogP contribution < -0.4 is 5.73 Å². The average Bonchev–Trinajstić information content (AvgIpc) is 2.78. The molecule has 1 aliphatic rings. The van der Waals surface area contributed by atoms with E-state index in [1.165, 1.54) is 106 Å². The van der Waals surface area contributed by atoms with Crippen LogP contribution in [0, 0.1) is 0 Å². The van der Waals surface area contributed by atoms with Crippen molar-refractivity contribution in [2.24, 2.45) is 5.73 Å². The lowest BCUT2D eigenvalue weighted by atomic mass is 10.0. The van der Waals surface area contributed by atoms with Gasteiger partial charge in [0.2, 0.25) is 0 Å². The van der Waals surface area contributed by atoms with Crippen molar-refractivity contribution in [3.05, 3.63) is 0 Å². The van der Waals surface area contributed by atoms with Crippen molar-refractivity contribution >= 4 is 23.9 Å². The normalized spacial score (nSPS) is 14.6. The fourth-order valence-corrected chi connectivity index (χ4v) is 4.84. The molecular weight excluding hydrogens is 410 g/mol. The van der Waals surface area contributed by atoms with E-state index in [1.54, 1.807) is 0 Å². The molecule has 7 heteroatoms. The van der Waals surface area contributed by atoms with Crippen molar-refractivity contribution < 1.29 is 14.3 Å². The first-order chi connectivity index (χ1) is 15.1. The number of amides is 2. The van der Waals surface area contributed by atoms with Gasteiger partial charge in [-0.1, -0.05) is 103 Å². The van der Waals surface area contributed by atoms with Crippen LogP contribution >= 0.6 is 12.1 Å². The fraction of sp³-hybridized carbons (Fsp3) is 0.917. The number of ether oxygens (including phenoxy) is 1. The maximum atomic E-state index is 12.1. The maximum absolute atomic E-state index is 12.1. The summed E-state index contributed by atoms with van der Waals surface area (Å²) in [5.74, 6) is -1.48. The minimum Gasteiger partial charge on any atom is -0.379 e. The van der Waals surface area contributed by atoms with Crippen molar-refractivity contribution in [1.82, 2.24) is 8.61 Å².